The second-order valence-electron chi connectivity index (χ2n) is 5.41. The van der Waals surface area contributed by atoms with Crippen LogP contribution in [0.1, 0.15) is 30.0 Å². The number of rotatable bonds is 2. The lowest BCUT2D eigenvalue weighted by atomic mass is 10.1. The van der Waals surface area contributed by atoms with E-state index in [1.807, 2.05) is 0 Å². The van der Waals surface area contributed by atoms with Gasteiger partial charge in [-0.25, -0.2) is 4.98 Å². The Morgan fingerprint density at radius 2 is 1.87 bits per heavy atom. The lowest BCUT2D eigenvalue weighted by Gasteiger charge is -2.20. The Bertz CT molecular complexity index is 910. The van der Waals surface area contributed by atoms with E-state index in [0.29, 0.717) is 15.8 Å². The molecule has 0 saturated heterocycles. The number of aromatic amines is 1. The first kappa shape index (κ1) is 15.3. The molecule has 3 rings (SSSR count). The first-order chi connectivity index (χ1) is 10.8. The summed E-state index contributed by atoms with van der Waals surface area (Å²) in [6.45, 7) is 3.22. The van der Waals surface area contributed by atoms with E-state index in [0.717, 1.165) is 0 Å². The highest BCUT2D eigenvalue weighted by molar-refractivity contribution is 5.75. The molecule has 7 heteroatoms. The number of nitrogens with one attached hydrogen (secondary N) is 1. The van der Waals surface area contributed by atoms with Gasteiger partial charge in [-0.05, 0) is 25.5 Å². The van der Waals surface area contributed by atoms with Crippen molar-refractivity contribution in [2.45, 2.75) is 26.1 Å². The van der Waals surface area contributed by atoms with Gasteiger partial charge in [0.05, 0.1) is 11.4 Å². The average Bonchev–Trinajstić information content (AvgIpc) is 2.87. The number of benzene rings is 1. The molecule has 4 nitrogen and oxygen atoms in total. The monoisotopic (exact) mass is 321 g/mol. The van der Waals surface area contributed by atoms with Gasteiger partial charge in [-0.15, -0.1) is 0 Å². The Balaban J connectivity index is 2.33. The highest BCUT2D eigenvalue weighted by atomic mass is 19.4. The van der Waals surface area contributed by atoms with E-state index in [1.54, 1.807) is 44.2 Å². The van der Waals surface area contributed by atoms with Crippen LogP contribution in [0.25, 0.3) is 11.0 Å². The maximum absolute atomic E-state index is 13.4. The van der Waals surface area contributed by atoms with Crippen molar-refractivity contribution in [3.63, 3.8) is 0 Å². The predicted molar refractivity (Wildman–Crippen MR) is 80.3 cm³/mol. The summed E-state index contributed by atoms with van der Waals surface area (Å²) in [4.78, 5) is 19.0. The zero-order valence-corrected chi connectivity index (χ0v) is 12.5. The first-order valence-electron chi connectivity index (χ1n) is 7.03. The summed E-state index contributed by atoms with van der Waals surface area (Å²) in [7, 11) is 0. The van der Waals surface area contributed by atoms with Crippen LogP contribution in [0, 0.1) is 6.92 Å². The van der Waals surface area contributed by atoms with Crippen molar-refractivity contribution in [1.82, 2.24) is 14.5 Å². The zero-order valence-electron chi connectivity index (χ0n) is 12.5. The molecule has 0 fully saturated rings. The van der Waals surface area contributed by atoms with E-state index < -0.39 is 23.6 Å². The highest BCUT2D eigenvalue weighted by Crippen LogP contribution is 2.31. The van der Waals surface area contributed by atoms with Crippen LogP contribution in [0.2, 0.25) is 0 Å². The molecule has 0 aliphatic heterocycles. The molecule has 0 radical (unpaired) electrons. The summed E-state index contributed by atoms with van der Waals surface area (Å²) in [5, 5.41) is 0.151. The Morgan fingerprint density at radius 3 is 2.48 bits per heavy atom. The minimum absolute atomic E-state index is 0.0451. The molecule has 0 aliphatic carbocycles. The van der Waals surface area contributed by atoms with Crippen molar-refractivity contribution in [1.29, 1.82) is 0 Å². The third kappa shape index (κ3) is 2.62. The van der Waals surface area contributed by atoms with Crippen LogP contribution in [0.5, 0.6) is 0 Å². The smallest absolute Gasteiger partial charge is 0.343 e. The number of fused-ring (bicyclic) bond motifs is 1. The van der Waals surface area contributed by atoms with Crippen molar-refractivity contribution in [3.8, 4) is 0 Å². The molecule has 3 aromatic rings. The molecule has 0 amide bonds. The van der Waals surface area contributed by atoms with Crippen molar-refractivity contribution in [2.24, 2.45) is 0 Å². The molecule has 0 bridgehead atoms. The van der Waals surface area contributed by atoms with Gasteiger partial charge in [0.2, 0.25) is 5.82 Å². The van der Waals surface area contributed by atoms with Crippen LogP contribution in [0.15, 0.2) is 41.2 Å². The average molecular weight is 321 g/mol. The second kappa shape index (κ2) is 5.26. The molecule has 1 atom stereocenters. The molecule has 23 heavy (non-hydrogen) atoms. The Morgan fingerprint density at radius 1 is 1.22 bits per heavy atom. The summed E-state index contributed by atoms with van der Waals surface area (Å²) < 4.78 is 40.9. The number of aromatic nitrogens is 3. The van der Waals surface area contributed by atoms with E-state index in [1.165, 1.54) is 6.07 Å². The molecular weight excluding hydrogens is 307 g/mol. The number of nitrogens with zero attached hydrogens (tertiary/aromatic N) is 2. The third-order valence-corrected chi connectivity index (χ3v) is 3.75. The number of hydrogen-bond donors (Lipinski definition) is 1. The van der Waals surface area contributed by atoms with Crippen molar-refractivity contribution >= 4 is 11.0 Å². The van der Waals surface area contributed by atoms with Gasteiger partial charge in [0.1, 0.15) is 5.65 Å². The van der Waals surface area contributed by atoms with Crippen molar-refractivity contribution in [3.05, 3.63) is 63.8 Å². The molecule has 2 aromatic heterocycles. The molecule has 120 valence electrons. The maximum Gasteiger partial charge on any atom is 0.449 e. The van der Waals surface area contributed by atoms with Gasteiger partial charge in [0.25, 0.3) is 5.56 Å². The second-order valence-corrected chi connectivity index (χ2v) is 5.41. The van der Waals surface area contributed by atoms with Crippen LogP contribution >= 0.6 is 0 Å². The number of alkyl halides is 3. The highest BCUT2D eigenvalue weighted by Gasteiger charge is 2.38. The van der Waals surface area contributed by atoms with Crippen LogP contribution < -0.4 is 5.56 Å². The van der Waals surface area contributed by atoms with Gasteiger partial charge in [0, 0.05) is 5.69 Å². The van der Waals surface area contributed by atoms with E-state index in [2.05, 4.69) is 9.97 Å². The molecule has 1 unspecified atom stereocenters. The molecule has 2 heterocycles. The van der Waals surface area contributed by atoms with Gasteiger partial charge < -0.3 is 4.98 Å². The number of aryl methyl sites for hydroxylation is 1. The Labute approximate surface area is 129 Å². The quantitative estimate of drug-likeness (QED) is 0.783. The fourth-order valence-corrected chi connectivity index (χ4v) is 2.65. The molecule has 1 aromatic carbocycles. The minimum atomic E-state index is -4.73. The van der Waals surface area contributed by atoms with Gasteiger partial charge in [0.15, 0.2) is 0 Å². The van der Waals surface area contributed by atoms with Crippen LogP contribution in [0.3, 0.4) is 0 Å². The van der Waals surface area contributed by atoms with Gasteiger partial charge >= 0.3 is 6.18 Å². The molecule has 0 spiro atoms. The topological polar surface area (TPSA) is 50.7 Å². The fraction of sp³-hybridized carbons (Fsp3) is 0.250. The Kier molecular flexibility index (Phi) is 3.50. The predicted octanol–water partition coefficient (Wildman–Crippen LogP) is 3.66. The van der Waals surface area contributed by atoms with E-state index in [-0.39, 0.29) is 11.0 Å². The maximum atomic E-state index is 13.4. The zero-order chi connectivity index (χ0) is 16.8. The SMILES string of the molecule is Cc1cc2c(=O)n(C(C)c3ccccc3)c(C(F)(F)F)nc2[nH]1. The lowest BCUT2D eigenvalue weighted by Crippen LogP contribution is -2.32. The normalized spacial score (nSPS) is 13.4. The Hall–Kier alpha value is -2.57. The van der Waals surface area contributed by atoms with Gasteiger partial charge in [-0.2, -0.15) is 13.2 Å². The van der Waals surface area contributed by atoms with Crippen molar-refractivity contribution in [2.75, 3.05) is 0 Å². The largest absolute Gasteiger partial charge is 0.449 e. The van der Waals surface area contributed by atoms with E-state index >= 15 is 0 Å². The number of halogens is 3. The summed E-state index contributed by atoms with van der Waals surface area (Å²) in [6, 6.07) is 9.30. The van der Waals surface area contributed by atoms with Crippen LogP contribution in [-0.2, 0) is 6.18 Å². The van der Waals surface area contributed by atoms with Crippen LogP contribution in [0.4, 0.5) is 13.2 Å². The third-order valence-electron chi connectivity index (χ3n) is 3.75. The lowest BCUT2D eigenvalue weighted by molar-refractivity contribution is -0.148. The van der Waals surface area contributed by atoms with Crippen LogP contribution in [-0.4, -0.2) is 14.5 Å². The standard InChI is InChI=1S/C16H14F3N3O/c1-9-8-12-13(20-9)21-15(16(17,18)19)22(14(12)23)10(2)11-6-4-3-5-7-11/h3-8,10,20H,1-2H3. The summed E-state index contributed by atoms with van der Waals surface area (Å²) >= 11 is 0. The molecule has 1 N–H and O–H groups in total. The molecule has 0 aliphatic rings. The fourth-order valence-electron chi connectivity index (χ4n) is 2.65. The van der Waals surface area contributed by atoms with E-state index in [9.17, 15) is 18.0 Å². The van der Waals surface area contributed by atoms with Crippen molar-refractivity contribution < 1.29 is 13.2 Å². The minimum Gasteiger partial charge on any atom is -0.343 e. The molecular formula is C16H14F3N3O. The number of hydrogen-bond acceptors (Lipinski definition) is 2. The number of H-pyrrole nitrogens is 1. The summed E-state index contributed by atoms with van der Waals surface area (Å²) in [5.41, 5.74) is 0.440. The van der Waals surface area contributed by atoms with Gasteiger partial charge in [-0.3, -0.25) is 9.36 Å². The van der Waals surface area contributed by atoms with E-state index in [4.69, 9.17) is 0 Å². The molecule has 0 saturated carbocycles. The first-order valence-corrected chi connectivity index (χ1v) is 7.03. The van der Waals surface area contributed by atoms with Gasteiger partial charge in [-0.1, -0.05) is 30.3 Å². The summed E-state index contributed by atoms with van der Waals surface area (Å²) in [5.74, 6) is -1.20. The summed E-state index contributed by atoms with van der Waals surface area (Å²) in [6.07, 6.45) is -4.73.